The lowest BCUT2D eigenvalue weighted by Crippen LogP contribution is -2.26. The van der Waals surface area contributed by atoms with Gasteiger partial charge in [-0.1, -0.05) is 0 Å². The Morgan fingerprint density at radius 1 is 0.950 bits per heavy atom. The fraction of sp³-hybridized carbons (Fsp3) is 0.231. The van der Waals surface area contributed by atoms with Gasteiger partial charge in [0.2, 0.25) is 0 Å². The van der Waals surface area contributed by atoms with Crippen molar-refractivity contribution in [3.63, 3.8) is 0 Å². The Balaban J connectivity index is 2.44. The normalized spacial score (nSPS) is 11.7. The summed E-state index contributed by atoms with van der Waals surface area (Å²) >= 11 is 1.53. The molecule has 0 aliphatic carbocycles. The first-order valence-electron chi connectivity index (χ1n) is 5.93. The van der Waals surface area contributed by atoms with Crippen LogP contribution in [-0.4, -0.2) is 21.6 Å². The summed E-state index contributed by atoms with van der Waals surface area (Å²) < 4.78 is 1.15. The van der Waals surface area contributed by atoms with E-state index in [2.05, 4.69) is 4.98 Å². The molecule has 0 atom stereocenters. The first-order chi connectivity index (χ1) is 9.54. The van der Waals surface area contributed by atoms with Crippen molar-refractivity contribution in [1.82, 2.24) is 9.55 Å². The Labute approximate surface area is 115 Å². The smallest absolute Gasteiger partial charge is 0.261 e. The van der Waals surface area contributed by atoms with Crippen molar-refractivity contribution < 1.29 is 0 Å². The molecule has 0 aliphatic rings. The number of hydrogen-bond acceptors (Lipinski definition) is 5. The van der Waals surface area contributed by atoms with Gasteiger partial charge in [0.25, 0.3) is 22.2 Å². The lowest BCUT2D eigenvalue weighted by atomic mass is 10.1. The molecule has 0 fully saturated rings. The van der Waals surface area contributed by atoms with Crippen LogP contribution >= 0.6 is 11.8 Å². The van der Waals surface area contributed by atoms with E-state index in [4.69, 9.17) is 0 Å². The largest absolute Gasteiger partial charge is 0.288 e. The Hall–Kier alpha value is -2.15. The average Bonchev–Trinajstić information content (AvgIpc) is 2.83. The van der Waals surface area contributed by atoms with Crippen LogP contribution in [0.4, 0.5) is 0 Å². The third kappa shape index (κ3) is 1.66. The molecule has 0 aliphatic heterocycles. The van der Waals surface area contributed by atoms with Crippen molar-refractivity contribution >= 4 is 33.3 Å². The summed E-state index contributed by atoms with van der Waals surface area (Å²) in [6.45, 7) is 0.318. The van der Waals surface area contributed by atoms with Crippen molar-refractivity contribution in [2.45, 2.75) is 6.54 Å². The average molecular weight is 290 g/mol. The molecule has 1 N–H and O–H groups in total. The first-order valence-corrected chi connectivity index (χ1v) is 7.33. The number of nitrogens with one attached hydrogen (secondary N) is 1. The Morgan fingerprint density at radius 3 is 1.90 bits per heavy atom. The van der Waals surface area contributed by atoms with Crippen LogP contribution in [0, 0.1) is 0 Å². The number of aromatic nitrogens is 2. The first kappa shape index (κ1) is 12.9. The van der Waals surface area contributed by atoms with Crippen LogP contribution < -0.4 is 22.2 Å². The van der Waals surface area contributed by atoms with Crippen LogP contribution in [0.2, 0.25) is 0 Å². The molecule has 0 saturated heterocycles. The van der Waals surface area contributed by atoms with E-state index in [9.17, 15) is 19.2 Å². The molecule has 2 aromatic heterocycles. The zero-order valence-corrected chi connectivity index (χ0v) is 11.4. The van der Waals surface area contributed by atoms with Gasteiger partial charge in [-0.25, -0.2) is 0 Å². The molecule has 0 radical (unpaired) electrons. The van der Waals surface area contributed by atoms with Crippen molar-refractivity contribution in [3.05, 3.63) is 53.5 Å². The van der Waals surface area contributed by atoms with Crippen molar-refractivity contribution in [1.29, 1.82) is 0 Å². The highest BCUT2D eigenvalue weighted by atomic mass is 32.2. The molecule has 7 heteroatoms. The molecule has 102 valence electrons. The SMILES string of the molecule is CSCCn1c(=O)c2cc3c(=O)[nH]c(=O)c3cc2c1=O. The Morgan fingerprint density at radius 2 is 1.45 bits per heavy atom. The summed E-state index contributed by atoms with van der Waals surface area (Å²) in [4.78, 5) is 49.6. The van der Waals surface area contributed by atoms with Crippen molar-refractivity contribution in [2.75, 3.05) is 12.0 Å². The van der Waals surface area contributed by atoms with E-state index >= 15 is 0 Å². The minimum atomic E-state index is -0.532. The molecule has 1 aromatic carbocycles. The number of nitrogens with zero attached hydrogens (tertiary/aromatic N) is 1. The second-order valence-corrected chi connectivity index (χ2v) is 5.47. The number of H-pyrrole nitrogens is 1. The van der Waals surface area contributed by atoms with Crippen LogP contribution in [0.5, 0.6) is 0 Å². The standard InChI is InChI=1S/C13H10N2O4S/c1-20-3-2-15-12(18)8-4-6-7(5-9(8)13(15)19)11(17)14-10(6)16/h4-5H,2-3H2,1H3,(H,14,16,17). The fourth-order valence-corrected chi connectivity index (χ4v) is 2.70. The zero-order valence-electron chi connectivity index (χ0n) is 10.6. The van der Waals surface area contributed by atoms with Gasteiger partial charge >= 0.3 is 0 Å². The van der Waals surface area contributed by atoms with Gasteiger partial charge in [-0.3, -0.25) is 28.7 Å². The molecule has 0 amide bonds. The quantitative estimate of drug-likeness (QED) is 0.721. The monoisotopic (exact) mass is 290 g/mol. The molecule has 2 heterocycles. The van der Waals surface area contributed by atoms with Crippen LogP contribution in [0.1, 0.15) is 0 Å². The third-order valence-electron chi connectivity index (χ3n) is 3.34. The van der Waals surface area contributed by atoms with Gasteiger partial charge in [-0.05, 0) is 18.4 Å². The summed E-state index contributed by atoms with van der Waals surface area (Å²) in [6, 6.07) is 2.68. The van der Waals surface area contributed by atoms with Gasteiger partial charge in [0.1, 0.15) is 0 Å². The number of aromatic amines is 1. The maximum atomic E-state index is 12.2. The minimum Gasteiger partial charge on any atom is -0.288 e. The predicted molar refractivity (Wildman–Crippen MR) is 79.6 cm³/mol. The lowest BCUT2D eigenvalue weighted by Gasteiger charge is -1.95. The fourth-order valence-electron chi connectivity index (χ4n) is 2.34. The number of hydrogen-bond donors (Lipinski definition) is 1. The molecule has 0 spiro atoms. The molecule has 0 saturated carbocycles. The van der Waals surface area contributed by atoms with Crippen LogP contribution in [-0.2, 0) is 6.54 Å². The van der Waals surface area contributed by atoms with Gasteiger partial charge in [-0.15, -0.1) is 0 Å². The van der Waals surface area contributed by atoms with E-state index in [1.54, 1.807) is 0 Å². The van der Waals surface area contributed by atoms with Gasteiger partial charge in [0.15, 0.2) is 0 Å². The Kier molecular flexibility index (Phi) is 2.86. The molecule has 0 unspecified atom stereocenters. The van der Waals surface area contributed by atoms with E-state index in [-0.39, 0.29) is 21.5 Å². The molecular formula is C13H10N2O4S. The Bertz CT molecular complexity index is 945. The summed E-state index contributed by atoms with van der Waals surface area (Å²) in [5.74, 6) is 0.643. The summed E-state index contributed by atoms with van der Waals surface area (Å²) in [5, 5.41) is 0.697. The van der Waals surface area contributed by atoms with Crippen LogP contribution in [0.25, 0.3) is 21.5 Å². The highest BCUT2D eigenvalue weighted by Gasteiger charge is 2.16. The summed E-state index contributed by atoms with van der Waals surface area (Å²) in [5.41, 5.74) is -1.88. The van der Waals surface area contributed by atoms with Crippen LogP contribution in [0.15, 0.2) is 31.3 Å². The van der Waals surface area contributed by atoms with Gasteiger partial charge in [-0.2, -0.15) is 11.8 Å². The van der Waals surface area contributed by atoms with Gasteiger partial charge in [0.05, 0.1) is 21.5 Å². The minimum absolute atomic E-state index is 0.154. The highest BCUT2D eigenvalue weighted by molar-refractivity contribution is 7.98. The number of fused-ring (bicyclic) bond motifs is 2. The number of thioether (sulfide) groups is 1. The molecule has 20 heavy (non-hydrogen) atoms. The van der Waals surface area contributed by atoms with Gasteiger partial charge < -0.3 is 0 Å². The third-order valence-corrected chi connectivity index (χ3v) is 3.93. The molecule has 6 nitrogen and oxygen atoms in total. The summed E-state index contributed by atoms with van der Waals surface area (Å²) in [6.07, 6.45) is 1.88. The van der Waals surface area contributed by atoms with E-state index < -0.39 is 22.2 Å². The maximum absolute atomic E-state index is 12.2. The van der Waals surface area contributed by atoms with E-state index in [0.29, 0.717) is 12.3 Å². The van der Waals surface area contributed by atoms with E-state index in [0.717, 1.165) is 4.57 Å². The van der Waals surface area contributed by atoms with Crippen molar-refractivity contribution in [2.24, 2.45) is 0 Å². The molecular weight excluding hydrogens is 280 g/mol. The maximum Gasteiger partial charge on any atom is 0.261 e. The molecule has 3 aromatic rings. The molecule has 3 rings (SSSR count). The zero-order chi connectivity index (χ0) is 14.4. The topological polar surface area (TPSA) is 89.0 Å². The summed E-state index contributed by atoms with van der Waals surface area (Å²) in [7, 11) is 0. The molecule has 0 bridgehead atoms. The van der Waals surface area contributed by atoms with E-state index in [1.165, 1.54) is 23.9 Å². The van der Waals surface area contributed by atoms with Crippen molar-refractivity contribution in [3.8, 4) is 0 Å². The van der Waals surface area contributed by atoms with Gasteiger partial charge in [0, 0.05) is 12.3 Å². The predicted octanol–water partition coefficient (Wildman–Crippen LogP) is -0.198. The number of rotatable bonds is 3. The lowest BCUT2D eigenvalue weighted by molar-refractivity contribution is 0.731. The second-order valence-electron chi connectivity index (χ2n) is 4.48. The second kappa shape index (κ2) is 4.45. The van der Waals surface area contributed by atoms with Crippen LogP contribution in [0.3, 0.4) is 0 Å². The number of benzene rings is 1. The highest BCUT2D eigenvalue weighted by Crippen LogP contribution is 2.13. The van der Waals surface area contributed by atoms with E-state index in [1.807, 2.05) is 6.26 Å².